The highest BCUT2D eigenvalue weighted by atomic mass is 15.2. The Hall–Kier alpha value is -1.69. The molecule has 1 aliphatic heterocycles. The number of hydrogen-bond acceptors (Lipinski definition) is 3. The molecule has 1 aromatic carbocycles. The summed E-state index contributed by atoms with van der Waals surface area (Å²) in [5.41, 5.74) is 8.85. The largest absolute Gasteiger partial charge is 0.398 e. The van der Waals surface area contributed by atoms with E-state index in [-0.39, 0.29) is 0 Å². The van der Waals surface area contributed by atoms with Gasteiger partial charge in [0, 0.05) is 24.0 Å². The van der Waals surface area contributed by atoms with E-state index in [1.807, 2.05) is 6.07 Å². The molecule has 2 rings (SSSR count). The minimum absolute atomic E-state index is 0.393. The highest BCUT2D eigenvalue weighted by Gasteiger charge is 2.20. The topological polar surface area (TPSA) is 53.0 Å². The second-order valence-corrected chi connectivity index (χ2v) is 5.32. The number of nitrogens with two attached hydrogens (primary N) is 1. The average molecular weight is 257 g/mol. The lowest BCUT2D eigenvalue weighted by atomic mass is 10.0. The molecule has 3 heteroatoms. The molecule has 1 heterocycles. The van der Waals surface area contributed by atoms with E-state index in [4.69, 9.17) is 11.0 Å². The van der Waals surface area contributed by atoms with Crippen molar-refractivity contribution in [2.24, 2.45) is 0 Å². The Morgan fingerprint density at radius 3 is 2.95 bits per heavy atom. The third-order valence-electron chi connectivity index (χ3n) is 4.08. The summed E-state index contributed by atoms with van der Waals surface area (Å²) in [5.74, 6) is 0. The van der Waals surface area contributed by atoms with Crippen LogP contribution in [0.15, 0.2) is 18.2 Å². The zero-order valence-electron chi connectivity index (χ0n) is 11.7. The quantitative estimate of drug-likeness (QED) is 0.843. The second-order valence-electron chi connectivity index (χ2n) is 5.32. The molecule has 19 heavy (non-hydrogen) atoms. The van der Waals surface area contributed by atoms with Crippen LogP contribution in [0.3, 0.4) is 0 Å². The molecule has 102 valence electrons. The number of rotatable bonds is 3. The van der Waals surface area contributed by atoms with Gasteiger partial charge in [0.2, 0.25) is 0 Å². The van der Waals surface area contributed by atoms with E-state index >= 15 is 0 Å². The Morgan fingerprint density at radius 1 is 1.37 bits per heavy atom. The molecule has 0 aliphatic carbocycles. The van der Waals surface area contributed by atoms with E-state index < -0.39 is 0 Å². The normalized spacial score (nSPS) is 19.8. The first-order valence-corrected chi connectivity index (χ1v) is 7.28. The molecule has 1 unspecified atom stereocenters. The van der Waals surface area contributed by atoms with E-state index in [1.54, 1.807) is 0 Å². The standard InChI is InChI=1S/C16H23N3/c1-2-14-6-4-3-5-11-19(14)15-7-8-16(18)13(12-15)9-10-17/h7-8,12,14H,2-6,9,11,18H2,1H3. The molecule has 0 amide bonds. The van der Waals surface area contributed by atoms with Gasteiger partial charge in [0.15, 0.2) is 0 Å². The molecule has 1 aliphatic rings. The van der Waals surface area contributed by atoms with Crippen molar-refractivity contribution in [3.05, 3.63) is 23.8 Å². The smallest absolute Gasteiger partial charge is 0.0670 e. The lowest BCUT2D eigenvalue weighted by Crippen LogP contribution is -2.34. The fourth-order valence-corrected chi connectivity index (χ4v) is 2.95. The molecule has 1 aromatic rings. The van der Waals surface area contributed by atoms with Crippen LogP contribution in [0.2, 0.25) is 0 Å². The molecule has 1 atom stereocenters. The molecule has 1 fully saturated rings. The maximum absolute atomic E-state index is 8.87. The number of nitrogen functional groups attached to an aromatic ring is 1. The van der Waals surface area contributed by atoms with Gasteiger partial charge in [-0.3, -0.25) is 0 Å². The van der Waals surface area contributed by atoms with Crippen LogP contribution in [0.1, 0.15) is 44.6 Å². The lowest BCUT2D eigenvalue weighted by Gasteiger charge is -2.32. The summed E-state index contributed by atoms with van der Waals surface area (Å²) < 4.78 is 0. The second kappa shape index (κ2) is 6.47. The number of nitrogens with zero attached hydrogens (tertiary/aromatic N) is 2. The summed E-state index contributed by atoms with van der Waals surface area (Å²) >= 11 is 0. The Morgan fingerprint density at radius 2 is 2.21 bits per heavy atom. The van der Waals surface area contributed by atoms with E-state index in [0.29, 0.717) is 12.5 Å². The average Bonchev–Trinajstić information content (AvgIpc) is 2.66. The minimum Gasteiger partial charge on any atom is -0.398 e. The van der Waals surface area contributed by atoms with Crippen molar-refractivity contribution >= 4 is 11.4 Å². The maximum atomic E-state index is 8.87. The van der Waals surface area contributed by atoms with Crippen LogP contribution >= 0.6 is 0 Å². The van der Waals surface area contributed by atoms with Crippen LogP contribution in [0.25, 0.3) is 0 Å². The zero-order valence-corrected chi connectivity index (χ0v) is 11.7. The van der Waals surface area contributed by atoms with Crippen molar-refractivity contribution < 1.29 is 0 Å². The van der Waals surface area contributed by atoms with Crippen LogP contribution in [-0.4, -0.2) is 12.6 Å². The van der Waals surface area contributed by atoms with Gasteiger partial charge in [-0.2, -0.15) is 5.26 Å². The summed E-state index contributed by atoms with van der Waals surface area (Å²) in [5, 5.41) is 8.87. The Balaban J connectivity index is 2.28. The van der Waals surface area contributed by atoms with E-state index in [0.717, 1.165) is 17.8 Å². The summed E-state index contributed by atoms with van der Waals surface area (Å²) in [6.45, 7) is 3.38. The third-order valence-corrected chi connectivity index (χ3v) is 4.08. The van der Waals surface area contributed by atoms with Crippen LogP contribution in [0.4, 0.5) is 11.4 Å². The Kier molecular flexibility index (Phi) is 4.68. The number of benzene rings is 1. The predicted octanol–water partition coefficient (Wildman–Crippen LogP) is 3.49. The molecule has 0 spiro atoms. The van der Waals surface area contributed by atoms with Crippen molar-refractivity contribution in [1.29, 1.82) is 5.26 Å². The molecule has 0 bridgehead atoms. The fraction of sp³-hybridized carbons (Fsp3) is 0.562. The van der Waals surface area contributed by atoms with E-state index in [2.05, 4.69) is 30.0 Å². The summed E-state index contributed by atoms with van der Waals surface area (Å²) in [6.07, 6.45) is 6.76. The number of nitriles is 1. The van der Waals surface area contributed by atoms with Crippen LogP contribution in [-0.2, 0) is 6.42 Å². The van der Waals surface area contributed by atoms with Gasteiger partial charge in [-0.1, -0.05) is 19.8 Å². The molecule has 0 radical (unpaired) electrons. The van der Waals surface area contributed by atoms with Gasteiger partial charge in [-0.15, -0.1) is 0 Å². The molecule has 2 N–H and O–H groups in total. The first kappa shape index (κ1) is 13.7. The van der Waals surface area contributed by atoms with Gasteiger partial charge < -0.3 is 10.6 Å². The summed E-state index contributed by atoms with van der Waals surface area (Å²) in [7, 11) is 0. The molecular weight excluding hydrogens is 234 g/mol. The monoisotopic (exact) mass is 257 g/mol. The van der Waals surface area contributed by atoms with Crippen molar-refractivity contribution in [2.75, 3.05) is 17.2 Å². The van der Waals surface area contributed by atoms with Crippen molar-refractivity contribution in [1.82, 2.24) is 0 Å². The molecular formula is C16H23N3. The zero-order chi connectivity index (χ0) is 13.7. The van der Waals surface area contributed by atoms with Crippen LogP contribution < -0.4 is 10.6 Å². The Labute approximate surface area is 116 Å². The molecule has 1 saturated heterocycles. The third kappa shape index (κ3) is 3.20. The van der Waals surface area contributed by atoms with Gasteiger partial charge in [-0.25, -0.2) is 0 Å². The first-order valence-electron chi connectivity index (χ1n) is 7.28. The minimum atomic E-state index is 0.393. The molecule has 3 nitrogen and oxygen atoms in total. The van der Waals surface area contributed by atoms with Gasteiger partial charge in [0.05, 0.1) is 12.5 Å². The fourth-order valence-electron chi connectivity index (χ4n) is 2.95. The van der Waals surface area contributed by atoms with Crippen LogP contribution in [0.5, 0.6) is 0 Å². The molecule has 0 saturated carbocycles. The van der Waals surface area contributed by atoms with Crippen molar-refractivity contribution in [3.63, 3.8) is 0 Å². The SMILES string of the molecule is CCC1CCCCCN1c1ccc(N)c(CC#N)c1. The first-order chi connectivity index (χ1) is 9.26. The van der Waals surface area contributed by atoms with Crippen molar-refractivity contribution in [3.8, 4) is 6.07 Å². The van der Waals surface area contributed by atoms with Gasteiger partial charge in [-0.05, 0) is 43.0 Å². The number of anilines is 2. The highest BCUT2D eigenvalue weighted by molar-refractivity contribution is 5.59. The summed E-state index contributed by atoms with van der Waals surface area (Å²) in [4.78, 5) is 2.51. The lowest BCUT2D eigenvalue weighted by molar-refractivity contribution is 0.556. The van der Waals surface area contributed by atoms with Gasteiger partial charge in [0.1, 0.15) is 0 Å². The van der Waals surface area contributed by atoms with Crippen molar-refractivity contribution in [2.45, 2.75) is 51.5 Å². The van der Waals surface area contributed by atoms with Gasteiger partial charge >= 0.3 is 0 Å². The predicted molar refractivity (Wildman–Crippen MR) is 80.1 cm³/mol. The van der Waals surface area contributed by atoms with Gasteiger partial charge in [0.25, 0.3) is 0 Å². The molecule has 0 aromatic heterocycles. The maximum Gasteiger partial charge on any atom is 0.0670 e. The Bertz CT molecular complexity index is 462. The number of hydrogen-bond donors (Lipinski definition) is 1. The van der Waals surface area contributed by atoms with E-state index in [9.17, 15) is 0 Å². The van der Waals surface area contributed by atoms with Crippen LogP contribution in [0, 0.1) is 11.3 Å². The van der Waals surface area contributed by atoms with E-state index in [1.165, 1.54) is 37.8 Å². The summed E-state index contributed by atoms with van der Waals surface area (Å²) in [6, 6.07) is 8.97. The highest BCUT2D eigenvalue weighted by Crippen LogP contribution is 2.28.